The van der Waals surface area contributed by atoms with Gasteiger partial charge in [-0.3, -0.25) is 4.79 Å². The van der Waals surface area contributed by atoms with Crippen LogP contribution in [0.15, 0.2) is 23.1 Å². The predicted octanol–water partition coefficient (Wildman–Crippen LogP) is 1.38. The molecule has 1 aromatic rings. The Labute approximate surface area is 111 Å². The molecule has 1 rings (SSSR count). The summed E-state index contributed by atoms with van der Waals surface area (Å²) in [6, 6.07) is 4.44. The predicted molar refractivity (Wildman–Crippen MR) is 69.9 cm³/mol. The smallest absolute Gasteiger partial charge is 0.296 e. The van der Waals surface area contributed by atoms with Crippen molar-refractivity contribution in [1.29, 1.82) is 0 Å². The normalized spacial score (nSPS) is 10.4. The number of sulfone groups is 1. The lowest BCUT2D eigenvalue weighted by Crippen LogP contribution is -2.20. The van der Waals surface area contributed by atoms with Crippen LogP contribution in [0.3, 0.4) is 0 Å². The van der Waals surface area contributed by atoms with E-state index in [2.05, 4.69) is 17.2 Å². The first kappa shape index (κ1) is 14.6. The molecule has 96 valence electrons. The number of hydrogen-bond donors (Lipinski definition) is 1. The van der Waals surface area contributed by atoms with Crippen molar-refractivity contribution >= 4 is 27.3 Å². The Balaban J connectivity index is 2.93. The van der Waals surface area contributed by atoms with Gasteiger partial charge in [-0.25, -0.2) is 8.42 Å². The van der Waals surface area contributed by atoms with Crippen LogP contribution in [0.4, 0.5) is 0 Å². The number of amides is 1. The maximum Gasteiger partial charge on any atom is 0.296 e. The van der Waals surface area contributed by atoms with Crippen LogP contribution in [0.2, 0.25) is 5.02 Å². The molecule has 0 aromatic heterocycles. The van der Waals surface area contributed by atoms with Gasteiger partial charge in [0.1, 0.15) is 0 Å². The molecule has 6 heteroatoms. The van der Waals surface area contributed by atoms with Gasteiger partial charge in [0.15, 0.2) is 9.84 Å². The molecule has 0 radical (unpaired) electrons. The van der Waals surface area contributed by atoms with Crippen molar-refractivity contribution in [1.82, 2.24) is 5.32 Å². The Bertz CT molecular complexity index is 626. The Morgan fingerprint density at radius 3 is 2.61 bits per heavy atom. The first-order chi connectivity index (χ1) is 8.32. The third-order valence-corrected chi connectivity index (χ3v) is 3.36. The maximum absolute atomic E-state index is 11.4. The standard InChI is InChI=1S/C12H12ClNO3S/c1-3-4-12(15)14-8-9-5-10(13)7-11(6-9)18(2,16)17/h5-7H,8H2,1-2H3,(H,14,15). The van der Waals surface area contributed by atoms with Crippen molar-refractivity contribution < 1.29 is 13.2 Å². The number of carbonyl (C=O) groups is 1. The molecular formula is C12H12ClNO3S. The van der Waals surface area contributed by atoms with Gasteiger partial charge in [0.05, 0.1) is 4.90 Å². The SMILES string of the molecule is CC#CC(=O)NCc1cc(Cl)cc(S(C)(=O)=O)c1. The molecule has 1 aromatic carbocycles. The molecule has 1 amide bonds. The number of halogens is 1. The van der Waals surface area contributed by atoms with E-state index in [0.717, 1.165) is 6.26 Å². The largest absolute Gasteiger partial charge is 0.341 e. The summed E-state index contributed by atoms with van der Waals surface area (Å²) in [4.78, 5) is 11.3. The lowest BCUT2D eigenvalue weighted by Gasteiger charge is -2.05. The lowest BCUT2D eigenvalue weighted by atomic mass is 10.2. The highest BCUT2D eigenvalue weighted by Crippen LogP contribution is 2.18. The highest BCUT2D eigenvalue weighted by atomic mass is 35.5. The van der Waals surface area contributed by atoms with Gasteiger partial charge >= 0.3 is 0 Å². The van der Waals surface area contributed by atoms with Crippen LogP contribution in [-0.2, 0) is 21.2 Å². The molecule has 0 saturated carbocycles. The van der Waals surface area contributed by atoms with E-state index in [1.54, 1.807) is 13.0 Å². The second-order valence-electron chi connectivity index (χ2n) is 3.63. The summed E-state index contributed by atoms with van der Waals surface area (Å²) >= 11 is 5.83. The van der Waals surface area contributed by atoms with Gasteiger partial charge < -0.3 is 5.32 Å². The van der Waals surface area contributed by atoms with Crippen molar-refractivity contribution in [2.45, 2.75) is 18.4 Å². The molecule has 0 aliphatic heterocycles. The zero-order valence-corrected chi connectivity index (χ0v) is 11.5. The Morgan fingerprint density at radius 2 is 2.06 bits per heavy atom. The summed E-state index contributed by atoms with van der Waals surface area (Å²) in [5.74, 6) is 4.37. The molecule has 4 nitrogen and oxygen atoms in total. The van der Waals surface area contributed by atoms with Crippen LogP contribution in [0.5, 0.6) is 0 Å². The first-order valence-corrected chi connectivity index (χ1v) is 7.30. The minimum absolute atomic E-state index is 0.126. The van der Waals surface area contributed by atoms with E-state index in [1.807, 2.05) is 0 Å². The Morgan fingerprint density at radius 1 is 1.39 bits per heavy atom. The van der Waals surface area contributed by atoms with E-state index < -0.39 is 15.7 Å². The van der Waals surface area contributed by atoms with Crippen molar-refractivity contribution in [3.63, 3.8) is 0 Å². The average Bonchev–Trinajstić information content (AvgIpc) is 2.25. The van der Waals surface area contributed by atoms with Crippen LogP contribution in [-0.4, -0.2) is 20.6 Å². The molecule has 0 atom stereocenters. The van der Waals surface area contributed by atoms with Crippen molar-refractivity contribution in [2.24, 2.45) is 0 Å². The third-order valence-electron chi connectivity index (χ3n) is 2.05. The molecule has 0 bridgehead atoms. The molecule has 0 saturated heterocycles. The average molecular weight is 286 g/mol. The minimum Gasteiger partial charge on any atom is -0.341 e. The van der Waals surface area contributed by atoms with Crippen molar-refractivity contribution in [3.8, 4) is 11.8 Å². The van der Waals surface area contributed by atoms with E-state index in [0.29, 0.717) is 10.6 Å². The van der Waals surface area contributed by atoms with Crippen LogP contribution >= 0.6 is 11.6 Å². The van der Waals surface area contributed by atoms with E-state index in [-0.39, 0.29) is 11.4 Å². The Kier molecular flexibility index (Phi) is 4.76. The zero-order valence-electron chi connectivity index (χ0n) is 9.95. The van der Waals surface area contributed by atoms with Gasteiger partial charge in [0.25, 0.3) is 5.91 Å². The van der Waals surface area contributed by atoms with Crippen LogP contribution in [0, 0.1) is 11.8 Å². The minimum atomic E-state index is -3.32. The fourth-order valence-electron chi connectivity index (χ4n) is 1.28. The topological polar surface area (TPSA) is 63.2 Å². The van der Waals surface area contributed by atoms with Gasteiger partial charge in [0, 0.05) is 17.8 Å². The molecule has 0 aliphatic carbocycles. The van der Waals surface area contributed by atoms with E-state index in [9.17, 15) is 13.2 Å². The van der Waals surface area contributed by atoms with E-state index >= 15 is 0 Å². The van der Waals surface area contributed by atoms with E-state index in [4.69, 9.17) is 11.6 Å². The maximum atomic E-state index is 11.4. The first-order valence-electron chi connectivity index (χ1n) is 5.03. The fraction of sp³-hybridized carbons (Fsp3) is 0.250. The summed E-state index contributed by atoms with van der Waals surface area (Å²) in [5, 5.41) is 2.85. The number of rotatable bonds is 3. The zero-order chi connectivity index (χ0) is 13.8. The molecule has 0 heterocycles. The monoisotopic (exact) mass is 285 g/mol. The molecule has 18 heavy (non-hydrogen) atoms. The van der Waals surface area contributed by atoms with Crippen LogP contribution < -0.4 is 5.32 Å². The summed E-state index contributed by atoms with van der Waals surface area (Å²) in [6.45, 7) is 1.73. The summed E-state index contributed by atoms with van der Waals surface area (Å²) in [5.41, 5.74) is 0.606. The van der Waals surface area contributed by atoms with Crippen molar-refractivity contribution in [3.05, 3.63) is 28.8 Å². The fourth-order valence-corrected chi connectivity index (χ4v) is 2.31. The number of nitrogens with one attached hydrogen (secondary N) is 1. The summed E-state index contributed by atoms with van der Waals surface area (Å²) in [7, 11) is -3.32. The second kappa shape index (κ2) is 5.89. The number of hydrogen-bond acceptors (Lipinski definition) is 3. The number of carbonyl (C=O) groups excluding carboxylic acids is 1. The molecule has 0 unspecified atom stereocenters. The molecule has 1 N–H and O–H groups in total. The highest BCUT2D eigenvalue weighted by Gasteiger charge is 2.09. The number of benzene rings is 1. The van der Waals surface area contributed by atoms with Gasteiger partial charge in [-0.1, -0.05) is 17.5 Å². The van der Waals surface area contributed by atoms with Gasteiger partial charge in [0.2, 0.25) is 0 Å². The van der Waals surface area contributed by atoms with Gasteiger partial charge in [-0.15, -0.1) is 0 Å². The van der Waals surface area contributed by atoms with E-state index in [1.165, 1.54) is 12.1 Å². The molecule has 0 spiro atoms. The quantitative estimate of drug-likeness (QED) is 0.854. The van der Waals surface area contributed by atoms with Crippen LogP contribution in [0.1, 0.15) is 12.5 Å². The second-order valence-corrected chi connectivity index (χ2v) is 6.08. The van der Waals surface area contributed by atoms with Gasteiger partial charge in [-0.2, -0.15) is 0 Å². The molecule has 0 fully saturated rings. The van der Waals surface area contributed by atoms with Crippen LogP contribution in [0.25, 0.3) is 0 Å². The molecule has 0 aliphatic rings. The van der Waals surface area contributed by atoms with Crippen molar-refractivity contribution in [2.75, 3.05) is 6.26 Å². The third kappa shape index (κ3) is 4.40. The summed E-state index contributed by atoms with van der Waals surface area (Å²) in [6.07, 6.45) is 1.10. The lowest BCUT2D eigenvalue weighted by molar-refractivity contribution is -0.115. The Hall–Kier alpha value is -1.51. The highest BCUT2D eigenvalue weighted by molar-refractivity contribution is 7.90. The summed E-state index contributed by atoms with van der Waals surface area (Å²) < 4.78 is 22.8. The van der Waals surface area contributed by atoms with Gasteiger partial charge in [-0.05, 0) is 36.6 Å². The molecular weight excluding hydrogens is 274 g/mol.